The predicted molar refractivity (Wildman–Crippen MR) is 94.8 cm³/mol. The summed E-state index contributed by atoms with van der Waals surface area (Å²) in [5, 5.41) is 10.8. The minimum absolute atomic E-state index is 0.661. The lowest BCUT2D eigenvalue weighted by molar-refractivity contribution is 0.842. The van der Waals surface area contributed by atoms with E-state index in [4.69, 9.17) is 0 Å². The van der Waals surface area contributed by atoms with Crippen molar-refractivity contribution in [3.05, 3.63) is 48.3 Å². The van der Waals surface area contributed by atoms with Crippen molar-refractivity contribution in [2.45, 2.75) is 13.5 Å². The van der Waals surface area contributed by atoms with Crippen molar-refractivity contribution in [2.24, 2.45) is 4.99 Å². The highest BCUT2D eigenvalue weighted by atomic mass is 32.2. The molecule has 0 amide bonds. The fraction of sp³-hybridized carbons (Fsp3) is 0.375. The van der Waals surface area contributed by atoms with Crippen LogP contribution in [0.4, 0.5) is 0 Å². The molecule has 0 bridgehead atoms. The van der Waals surface area contributed by atoms with Crippen LogP contribution in [0.25, 0.3) is 5.69 Å². The topological polar surface area (TPSA) is 54.2 Å². The predicted octanol–water partition coefficient (Wildman–Crippen LogP) is 2.29. The molecule has 0 aliphatic heterocycles. The summed E-state index contributed by atoms with van der Waals surface area (Å²) < 4.78 is 1.85. The summed E-state index contributed by atoms with van der Waals surface area (Å²) in [4.78, 5) is 4.61. The highest BCUT2D eigenvalue weighted by molar-refractivity contribution is 7.98. The summed E-state index contributed by atoms with van der Waals surface area (Å²) >= 11 is 1.82. The van der Waals surface area contributed by atoms with Crippen LogP contribution in [0.1, 0.15) is 12.5 Å². The van der Waals surface area contributed by atoms with Gasteiger partial charge in [-0.25, -0.2) is 9.67 Å². The summed E-state index contributed by atoms with van der Waals surface area (Å²) in [7, 11) is 0. The average molecular weight is 317 g/mol. The molecule has 118 valence electrons. The van der Waals surface area contributed by atoms with Gasteiger partial charge in [0.2, 0.25) is 0 Å². The maximum atomic E-state index is 4.61. The minimum Gasteiger partial charge on any atom is -0.357 e. The van der Waals surface area contributed by atoms with Crippen molar-refractivity contribution in [3.63, 3.8) is 0 Å². The van der Waals surface area contributed by atoms with Gasteiger partial charge < -0.3 is 10.6 Å². The maximum absolute atomic E-state index is 4.61. The molecule has 0 saturated heterocycles. The van der Waals surface area contributed by atoms with Crippen molar-refractivity contribution >= 4 is 17.7 Å². The number of rotatable bonds is 7. The van der Waals surface area contributed by atoms with E-state index in [-0.39, 0.29) is 0 Å². The summed E-state index contributed by atoms with van der Waals surface area (Å²) in [6.45, 7) is 4.52. The zero-order valence-electron chi connectivity index (χ0n) is 13.1. The Morgan fingerprint density at radius 2 is 2.09 bits per heavy atom. The smallest absolute Gasteiger partial charge is 0.191 e. The molecular formula is C16H23N5S. The van der Waals surface area contributed by atoms with Crippen LogP contribution in [0.15, 0.2) is 47.7 Å². The first-order valence-electron chi connectivity index (χ1n) is 7.43. The van der Waals surface area contributed by atoms with Crippen LogP contribution in [0.5, 0.6) is 0 Å². The van der Waals surface area contributed by atoms with Gasteiger partial charge in [0.05, 0.1) is 12.2 Å². The number of hydrogen-bond donors (Lipinski definition) is 2. The van der Waals surface area contributed by atoms with Gasteiger partial charge in [0.25, 0.3) is 0 Å². The number of aliphatic imine (C=N–C) groups is 1. The van der Waals surface area contributed by atoms with E-state index >= 15 is 0 Å². The number of benzene rings is 1. The van der Waals surface area contributed by atoms with Gasteiger partial charge in [-0.3, -0.25) is 0 Å². The van der Waals surface area contributed by atoms with E-state index < -0.39 is 0 Å². The van der Waals surface area contributed by atoms with Gasteiger partial charge in [0.1, 0.15) is 0 Å². The fourth-order valence-electron chi connectivity index (χ4n) is 1.96. The Hall–Kier alpha value is -1.95. The fourth-order valence-corrected chi connectivity index (χ4v) is 2.27. The lowest BCUT2D eigenvalue weighted by atomic mass is 10.2. The molecule has 2 N–H and O–H groups in total. The molecule has 5 nitrogen and oxygen atoms in total. The van der Waals surface area contributed by atoms with E-state index in [0.29, 0.717) is 6.54 Å². The van der Waals surface area contributed by atoms with Crippen molar-refractivity contribution in [2.75, 3.05) is 25.1 Å². The van der Waals surface area contributed by atoms with Gasteiger partial charge in [0, 0.05) is 31.2 Å². The van der Waals surface area contributed by atoms with Crippen LogP contribution < -0.4 is 10.6 Å². The molecule has 1 aromatic heterocycles. The molecule has 0 aliphatic rings. The van der Waals surface area contributed by atoms with Gasteiger partial charge >= 0.3 is 0 Å². The molecule has 0 aliphatic carbocycles. The number of nitrogens with one attached hydrogen (secondary N) is 2. The van der Waals surface area contributed by atoms with Gasteiger partial charge in [-0.15, -0.1) is 0 Å². The molecule has 1 aromatic carbocycles. The third-order valence-corrected chi connectivity index (χ3v) is 3.68. The highest BCUT2D eigenvalue weighted by Gasteiger charge is 1.99. The Morgan fingerprint density at radius 1 is 1.27 bits per heavy atom. The summed E-state index contributed by atoms with van der Waals surface area (Å²) in [5.74, 6) is 1.94. The second-order valence-electron chi connectivity index (χ2n) is 4.73. The molecule has 2 rings (SSSR count). The molecule has 0 unspecified atom stereocenters. The third kappa shape index (κ3) is 5.11. The zero-order chi connectivity index (χ0) is 15.6. The average Bonchev–Trinajstić information content (AvgIpc) is 3.08. The summed E-state index contributed by atoms with van der Waals surface area (Å²) in [6.07, 6.45) is 5.82. The van der Waals surface area contributed by atoms with E-state index in [2.05, 4.69) is 58.2 Å². The quantitative estimate of drug-likeness (QED) is 0.467. The van der Waals surface area contributed by atoms with Crippen LogP contribution in [-0.4, -0.2) is 40.8 Å². The van der Waals surface area contributed by atoms with Crippen molar-refractivity contribution in [1.82, 2.24) is 20.4 Å². The van der Waals surface area contributed by atoms with Crippen LogP contribution in [0.2, 0.25) is 0 Å². The van der Waals surface area contributed by atoms with E-state index in [1.165, 1.54) is 5.56 Å². The third-order valence-electron chi connectivity index (χ3n) is 3.07. The first-order chi connectivity index (χ1) is 10.8. The van der Waals surface area contributed by atoms with E-state index in [0.717, 1.165) is 30.5 Å². The Morgan fingerprint density at radius 3 is 2.73 bits per heavy atom. The van der Waals surface area contributed by atoms with Crippen molar-refractivity contribution < 1.29 is 0 Å². The van der Waals surface area contributed by atoms with Crippen LogP contribution in [0, 0.1) is 0 Å². The molecule has 0 saturated carbocycles. The summed E-state index contributed by atoms with van der Waals surface area (Å²) in [6, 6.07) is 10.2. The molecule has 2 aromatic rings. The Labute approximate surface area is 136 Å². The molecule has 6 heteroatoms. The Bertz CT molecular complexity index is 563. The zero-order valence-corrected chi connectivity index (χ0v) is 13.9. The number of nitrogens with zero attached hydrogens (tertiary/aromatic N) is 3. The normalized spacial score (nSPS) is 11.5. The lowest BCUT2D eigenvalue weighted by Crippen LogP contribution is -2.38. The second-order valence-corrected chi connectivity index (χ2v) is 5.72. The van der Waals surface area contributed by atoms with Crippen LogP contribution >= 0.6 is 11.8 Å². The Kier molecular flexibility index (Phi) is 6.83. The van der Waals surface area contributed by atoms with Crippen molar-refractivity contribution in [1.29, 1.82) is 0 Å². The van der Waals surface area contributed by atoms with E-state index in [1.54, 1.807) is 6.20 Å². The first-order valence-corrected chi connectivity index (χ1v) is 8.83. The van der Waals surface area contributed by atoms with Crippen molar-refractivity contribution in [3.8, 4) is 5.69 Å². The molecule has 0 fully saturated rings. The minimum atomic E-state index is 0.661. The molecule has 0 radical (unpaired) electrons. The molecular weight excluding hydrogens is 294 g/mol. The Balaban J connectivity index is 1.94. The standard InChI is InChI=1S/C16H23N5S/c1-3-17-16(18-10-12-22-2)19-13-14-5-7-15(8-6-14)21-11-4-9-20-21/h4-9,11H,3,10,12-13H2,1-2H3,(H2,17,18,19). The monoisotopic (exact) mass is 317 g/mol. The molecule has 1 heterocycles. The lowest BCUT2D eigenvalue weighted by Gasteiger charge is -2.10. The maximum Gasteiger partial charge on any atom is 0.191 e. The SMILES string of the molecule is CCNC(=NCc1ccc(-n2cccn2)cc1)NCCSC. The van der Waals surface area contributed by atoms with E-state index in [9.17, 15) is 0 Å². The van der Waals surface area contributed by atoms with Gasteiger partial charge in [-0.1, -0.05) is 12.1 Å². The highest BCUT2D eigenvalue weighted by Crippen LogP contribution is 2.09. The van der Waals surface area contributed by atoms with Gasteiger partial charge in [0.15, 0.2) is 5.96 Å². The van der Waals surface area contributed by atoms with Gasteiger partial charge in [-0.05, 0) is 36.9 Å². The second kappa shape index (κ2) is 9.15. The van der Waals surface area contributed by atoms with Crippen LogP contribution in [0.3, 0.4) is 0 Å². The number of hydrogen-bond acceptors (Lipinski definition) is 3. The van der Waals surface area contributed by atoms with Gasteiger partial charge in [-0.2, -0.15) is 16.9 Å². The number of aromatic nitrogens is 2. The van der Waals surface area contributed by atoms with Crippen LogP contribution in [-0.2, 0) is 6.54 Å². The molecule has 0 atom stereocenters. The summed E-state index contributed by atoms with van der Waals surface area (Å²) in [5.41, 5.74) is 2.24. The largest absolute Gasteiger partial charge is 0.357 e. The number of guanidine groups is 1. The van der Waals surface area contributed by atoms with E-state index in [1.807, 2.05) is 28.7 Å². The molecule has 22 heavy (non-hydrogen) atoms. The first kappa shape index (κ1) is 16.4. The molecule has 0 spiro atoms. The number of thioether (sulfide) groups is 1.